The summed E-state index contributed by atoms with van der Waals surface area (Å²) in [5.41, 5.74) is 6.17. The van der Waals surface area contributed by atoms with Crippen LogP contribution in [0, 0.1) is 12.7 Å². The lowest BCUT2D eigenvalue weighted by Gasteiger charge is -2.20. The maximum atomic E-state index is 15.2. The third kappa shape index (κ3) is 4.52. The van der Waals surface area contributed by atoms with Crippen molar-refractivity contribution >= 4 is 22.6 Å². The highest BCUT2D eigenvalue weighted by atomic mass is 19.1. The van der Waals surface area contributed by atoms with Crippen molar-refractivity contribution in [3.63, 3.8) is 0 Å². The van der Waals surface area contributed by atoms with Crippen LogP contribution < -0.4 is 4.74 Å². The number of aromatic nitrogens is 3. The van der Waals surface area contributed by atoms with Gasteiger partial charge >= 0.3 is 0 Å². The lowest BCUT2D eigenvalue weighted by atomic mass is 9.82. The van der Waals surface area contributed by atoms with Crippen molar-refractivity contribution in [3.05, 3.63) is 118 Å². The Morgan fingerprint density at radius 3 is 2.62 bits per heavy atom. The molecule has 0 spiro atoms. The van der Waals surface area contributed by atoms with E-state index in [0.29, 0.717) is 28.6 Å². The van der Waals surface area contributed by atoms with Gasteiger partial charge in [-0.25, -0.2) is 14.4 Å². The van der Waals surface area contributed by atoms with E-state index in [-0.39, 0.29) is 35.2 Å². The summed E-state index contributed by atoms with van der Waals surface area (Å²) in [6.07, 6.45) is 3.62. The number of allylic oxidation sites excluding steroid dienone is 2. The fourth-order valence-corrected chi connectivity index (χ4v) is 5.10. The molecule has 0 saturated carbocycles. The molecule has 0 fully saturated rings. The Hall–Kier alpha value is -4.91. The number of H-pyrrole nitrogens is 1. The van der Waals surface area contributed by atoms with E-state index < -0.39 is 5.82 Å². The highest BCUT2D eigenvalue weighted by molar-refractivity contribution is 6.28. The molecule has 3 aromatic carbocycles. The lowest BCUT2D eigenvalue weighted by Crippen LogP contribution is -2.23. The molecule has 0 saturated heterocycles. The molecule has 5 aromatic rings. The van der Waals surface area contributed by atoms with Gasteiger partial charge in [-0.1, -0.05) is 59.7 Å². The third-order valence-corrected chi connectivity index (χ3v) is 6.99. The van der Waals surface area contributed by atoms with Crippen LogP contribution in [0.4, 0.5) is 4.39 Å². The number of benzene rings is 3. The maximum Gasteiger partial charge on any atom is 0.232 e. The van der Waals surface area contributed by atoms with Crippen molar-refractivity contribution in [1.82, 2.24) is 15.0 Å². The molecule has 1 aliphatic rings. The van der Waals surface area contributed by atoms with Gasteiger partial charge in [0.1, 0.15) is 12.0 Å². The van der Waals surface area contributed by atoms with Gasteiger partial charge in [-0.15, -0.1) is 0 Å². The molecule has 1 aliphatic carbocycles. The molecule has 7 heteroatoms. The van der Waals surface area contributed by atoms with Crippen LogP contribution in [0.25, 0.3) is 22.2 Å². The normalized spacial score (nSPS) is 13.1. The van der Waals surface area contributed by atoms with Gasteiger partial charge in [0.2, 0.25) is 5.88 Å². The monoisotopic (exact) mass is 517 g/mol. The van der Waals surface area contributed by atoms with Gasteiger partial charge in [-0.2, -0.15) is 0 Å². The number of halogens is 1. The third-order valence-electron chi connectivity index (χ3n) is 6.99. The number of ketones is 2. The van der Waals surface area contributed by atoms with E-state index in [1.54, 1.807) is 13.0 Å². The number of Topliss-reactive ketones (excluding diaryl/α,β-unsaturated/α-hetero) is 2. The molecule has 6 rings (SSSR count). The zero-order chi connectivity index (χ0) is 27.1. The van der Waals surface area contributed by atoms with Crippen LogP contribution in [0.2, 0.25) is 0 Å². The zero-order valence-electron chi connectivity index (χ0n) is 21.4. The van der Waals surface area contributed by atoms with Gasteiger partial charge in [-0.3, -0.25) is 9.59 Å². The SMILES string of the molecule is CC1=C(C(=O)Cc2ccc(Oc3ncnc4[nH]cc(-c5ccccc5)c34)c(F)c2)C(=O)c2cc(C)ccc2C1. The summed E-state index contributed by atoms with van der Waals surface area (Å²) in [4.78, 5) is 38.0. The number of carbonyl (C=O) groups excluding carboxylic acids is 2. The number of rotatable bonds is 6. The van der Waals surface area contributed by atoms with E-state index in [0.717, 1.165) is 27.8 Å². The fourth-order valence-electron chi connectivity index (χ4n) is 5.10. The summed E-state index contributed by atoms with van der Waals surface area (Å²) in [6.45, 7) is 3.72. The minimum absolute atomic E-state index is 0.0278. The van der Waals surface area contributed by atoms with Crippen molar-refractivity contribution in [2.75, 3.05) is 0 Å². The molecule has 0 atom stereocenters. The average Bonchev–Trinajstić information content (AvgIpc) is 3.36. The smallest absolute Gasteiger partial charge is 0.232 e. The first-order valence-electron chi connectivity index (χ1n) is 12.6. The Morgan fingerprint density at radius 2 is 1.82 bits per heavy atom. The van der Waals surface area contributed by atoms with Gasteiger partial charge in [0.05, 0.1) is 11.0 Å². The number of carbonyl (C=O) groups is 2. The molecule has 1 N–H and O–H groups in total. The van der Waals surface area contributed by atoms with E-state index in [2.05, 4.69) is 15.0 Å². The highest BCUT2D eigenvalue weighted by Gasteiger charge is 2.29. The molecule has 6 nitrogen and oxygen atoms in total. The molecule has 0 amide bonds. The molecule has 39 heavy (non-hydrogen) atoms. The molecular weight excluding hydrogens is 493 g/mol. The van der Waals surface area contributed by atoms with E-state index in [1.807, 2.05) is 61.7 Å². The number of nitrogens with zero attached hydrogens (tertiary/aromatic N) is 2. The second-order valence-corrected chi connectivity index (χ2v) is 9.76. The minimum atomic E-state index is -0.634. The summed E-state index contributed by atoms with van der Waals surface area (Å²) < 4.78 is 21.1. The Labute approximate surface area is 224 Å². The molecule has 0 aliphatic heterocycles. The largest absolute Gasteiger partial charge is 0.435 e. The molecule has 0 bridgehead atoms. The van der Waals surface area contributed by atoms with Crippen LogP contribution in [-0.2, 0) is 17.6 Å². The van der Waals surface area contributed by atoms with Gasteiger partial charge in [0.25, 0.3) is 0 Å². The van der Waals surface area contributed by atoms with Gasteiger partial charge < -0.3 is 9.72 Å². The molecule has 2 aromatic heterocycles. The number of aromatic amines is 1. The predicted octanol–water partition coefficient (Wildman–Crippen LogP) is 6.73. The second kappa shape index (κ2) is 9.76. The standard InChI is InChI=1S/C32H24FN3O3/c1-18-8-10-22-13-19(2)28(30(38)23(22)12-18)26(37)15-20-9-11-27(25(33)14-20)39-32-29-24(21-6-4-3-5-7-21)16-34-31(29)35-17-36-32/h3-12,14,16-17H,13,15H2,1-2H3,(H,34,35,36). The van der Waals surface area contributed by atoms with Gasteiger partial charge in [0.15, 0.2) is 23.1 Å². The Morgan fingerprint density at radius 1 is 1.00 bits per heavy atom. The Kier molecular flexibility index (Phi) is 6.11. The summed E-state index contributed by atoms with van der Waals surface area (Å²) in [7, 11) is 0. The van der Waals surface area contributed by atoms with Crippen molar-refractivity contribution in [2.24, 2.45) is 0 Å². The molecular formula is C32H24FN3O3. The first kappa shape index (κ1) is 24.4. The van der Waals surface area contributed by atoms with Crippen molar-refractivity contribution in [1.29, 1.82) is 0 Å². The number of hydrogen-bond acceptors (Lipinski definition) is 5. The molecule has 0 unspecified atom stereocenters. The molecule has 2 heterocycles. The summed E-state index contributed by atoms with van der Waals surface area (Å²) >= 11 is 0. The number of aryl methyl sites for hydroxylation is 1. The number of hydrogen-bond donors (Lipinski definition) is 1. The first-order valence-corrected chi connectivity index (χ1v) is 12.6. The molecule has 0 radical (unpaired) electrons. The highest BCUT2D eigenvalue weighted by Crippen LogP contribution is 2.36. The summed E-state index contributed by atoms with van der Waals surface area (Å²) in [5.74, 6) is -1.04. The Balaban J connectivity index is 1.25. The zero-order valence-corrected chi connectivity index (χ0v) is 21.4. The average molecular weight is 518 g/mol. The van der Waals surface area contributed by atoms with Crippen LogP contribution >= 0.6 is 0 Å². The quantitative estimate of drug-likeness (QED) is 0.252. The summed E-state index contributed by atoms with van der Waals surface area (Å²) in [5, 5.41) is 0.635. The topological polar surface area (TPSA) is 84.9 Å². The van der Waals surface area contributed by atoms with Crippen LogP contribution in [0.15, 0.2) is 90.4 Å². The molecule has 192 valence electrons. The predicted molar refractivity (Wildman–Crippen MR) is 146 cm³/mol. The van der Waals surface area contributed by atoms with Crippen LogP contribution in [0.5, 0.6) is 11.6 Å². The van der Waals surface area contributed by atoms with Crippen LogP contribution in [-0.4, -0.2) is 26.5 Å². The van der Waals surface area contributed by atoms with Gasteiger partial charge in [-0.05, 0) is 55.2 Å². The van der Waals surface area contributed by atoms with Crippen molar-refractivity contribution < 1.29 is 18.7 Å². The van der Waals surface area contributed by atoms with Crippen molar-refractivity contribution in [2.45, 2.75) is 26.7 Å². The lowest BCUT2D eigenvalue weighted by molar-refractivity contribution is -0.114. The maximum absolute atomic E-state index is 15.2. The second-order valence-electron chi connectivity index (χ2n) is 9.76. The summed E-state index contributed by atoms with van der Waals surface area (Å²) in [6, 6.07) is 19.8. The van der Waals surface area contributed by atoms with E-state index >= 15 is 4.39 Å². The number of fused-ring (bicyclic) bond motifs is 2. The minimum Gasteiger partial charge on any atom is -0.435 e. The van der Waals surface area contributed by atoms with Crippen LogP contribution in [0.1, 0.15) is 34.0 Å². The first-order chi connectivity index (χ1) is 18.9. The van der Waals surface area contributed by atoms with E-state index in [9.17, 15) is 9.59 Å². The van der Waals surface area contributed by atoms with Gasteiger partial charge in [0, 0.05) is 23.7 Å². The number of nitrogens with one attached hydrogen (secondary N) is 1. The fraction of sp³-hybridized carbons (Fsp3) is 0.125. The van der Waals surface area contributed by atoms with E-state index in [1.165, 1.54) is 18.5 Å². The van der Waals surface area contributed by atoms with Crippen LogP contribution in [0.3, 0.4) is 0 Å². The van der Waals surface area contributed by atoms with Crippen molar-refractivity contribution in [3.8, 4) is 22.8 Å². The number of ether oxygens (including phenoxy) is 1. The Bertz CT molecular complexity index is 1800. The van der Waals surface area contributed by atoms with E-state index in [4.69, 9.17) is 4.74 Å².